The molecule has 1 aliphatic heterocycles. The molecular formula is C16H21N5S. The van der Waals surface area contributed by atoms with Crippen molar-refractivity contribution in [3.05, 3.63) is 47.5 Å². The van der Waals surface area contributed by atoms with E-state index in [9.17, 15) is 0 Å². The Morgan fingerprint density at radius 3 is 2.77 bits per heavy atom. The molecule has 5 nitrogen and oxygen atoms in total. The molecule has 3 N–H and O–H groups in total. The van der Waals surface area contributed by atoms with Crippen LogP contribution >= 0.6 is 12.2 Å². The van der Waals surface area contributed by atoms with Gasteiger partial charge in [-0.3, -0.25) is 5.10 Å². The maximum atomic E-state index is 5.21. The molecule has 0 saturated carbocycles. The number of aryl methyl sites for hydroxylation is 2. The average Bonchev–Trinajstić information content (AvgIpc) is 2.93. The third kappa shape index (κ3) is 4.04. The summed E-state index contributed by atoms with van der Waals surface area (Å²) in [4.78, 5) is 4.60. The van der Waals surface area contributed by atoms with Crippen LogP contribution in [0.4, 0.5) is 0 Å². The molecule has 1 fully saturated rings. The zero-order valence-corrected chi connectivity index (χ0v) is 13.5. The van der Waals surface area contributed by atoms with E-state index in [1.807, 2.05) is 6.07 Å². The lowest BCUT2D eigenvalue weighted by atomic mass is 10.0. The van der Waals surface area contributed by atoms with Crippen LogP contribution in [0.15, 0.2) is 30.3 Å². The molecule has 0 amide bonds. The summed E-state index contributed by atoms with van der Waals surface area (Å²) in [6, 6.07) is 11.1. The van der Waals surface area contributed by atoms with Crippen LogP contribution in [-0.4, -0.2) is 32.4 Å². The molecule has 1 aromatic heterocycles. The van der Waals surface area contributed by atoms with Gasteiger partial charge in [-0.15, -0.1) is 0 Å². The summed E-state index contributed by atoms with van der Waals surface area (Å²) in [5.41, 5.74) is 1.31. The Morgan fingerprint density at radius 2 is 2.00 bits per heavy atom. The van der Waals surface area contributed by atoms with Crippen LogP contribution in [0.1, 0.15) is 30.6 Å². The Morgan fingerprint density at radius 1 is 1.18 bits per heavy atom. The van der Waals surface area contributed by atoms with Crippen LogP contribution in [0.3, 0.4) is 0 Å². The second kappa shape index (κ2) is 6.87. The number of rotatable bonds is 5. The fourth-order valence-corrected chi connectivity index (χ4v) is 3.17. The highest BCUT2D eigenvalue weighted by Gasteiger charge is 2.22. The molecule has 1 aliphatic rings. The van der Waals surface area contributed by atoms with Gasteiger partial charge in [-0.05, 0) is 37.5 Å². The second-order valence-corrected chi connectivity index (χ2v) is 6.25. The van der Waals surface area contributed by atoms with Gasteiger partial charge in [0, 0.05) is 24.9 Å². The predicted molar refractivity (Wildman–Crippen MR) is 90.7 cm³/mol. The average molecular weight is 315 g/mol. The molecule has 3 rings (SSSR count). The molecule has 1 saturated heterocycles. The Balaban J connectivity index is 1.54. The molecule has 1 aromatic carbocycles. The molecule has 0 radical (unpaired) electrons. The number of benzene rings is 1. The van der Waals surface area contributed by atoms with Gasteiger partial charge in [-0.25, -0.2) is 4.98 Å². The quantitative estimate of drug-likeness (QED) is 0.734. The molecule has 6 heteroatoms. The first-order chi connectivity index (χ1) is 10.7. The monoisotopic (exact) mass is 315 g/mol. The fraction of sp³-hybridized carbons (Fsp3) is 0.438. The second-order valence-electron chi connectivity index (χ2n) is 5.84. The minimum atomic E-state index is 0.318. The number of aromatic amines is 1. The lowest BCUT2D eigenvalue weighted by Gasteiger charge is -2.30. The van der Waals surface area contributed by atoms with E-state index in [1.54, 1.807) is 0 Å². The largest absolute Gasteiger partial charge is 0.360 e. The van der Waals surface area contributed by atoms with E-state index in [0.29, 0.717) is 12.1 Å². The molecule has 2 heterocycles. The summed E-state index contributed by atoms with van der Waals surface area (Å²) in [5.74, 6) is 1.81. The van der Waals surface area contributed by atoms with E-state index in [-0.39, 0.29) is 0 Å². The Hall–Kier alpha value is -1.95. The number of nitrogens with zero attached hydrogens (tertiary/aromatic N) is 2. The van der Waals surface area contributed by atoms with Crippen LogP contribution in [0.5, 0.6) is 0 Å². The van der Waals surface area contributed by atoms with Crippen LogP contribution in [0.2, 0.25) is 0 Å². The van der Waals surface area contributed by atoms with E-state index < -0.39 is 0 Å². The Labute approximate surface area is 135 Å². The summed E-state index contributed by atoms with van der Waals surface area (Å²) in [5, 5.41) is 14.6. The van der Waals surface area contributed by atoms with Crippen LogP contribution in [0.25, 0.3) is 0 Å². The third-order valence-corrected chi connectivity index (χ3v) is 4.08. The molecular weight excluding hydrogens is 294 g/mol. The van der Waals surface area contributed by atoms with Gasteiger partial charge in [-0.2, -0.15) is 5.10 Å². The highest BCUT2D eigenvalue weighted by Crippen LogP contribution is 2.09. The molecule has 22 heavy (non-hydrogen) atoms. The summed E-state index contributed by atoms with van der Waals surface area (Å²) in [7, 11) is 0. The molecule has 2 atom stereocenters. The highest BCUT2D eigenvalue weighted by atomic mass is 32.1. The summed E-state index contributed by atoms with van der Waals surface area (Å²) in [6.07, 6.45) is 3.67. The van der Waals surface area contributed by atoms with Crippen molar-refractivity contribution in [3.63, 3.8) is 0 Å². The smallest absolute Gasteiger partial charge is 0.166 e. The number of aromatic nitrogens is 3. The molecule has 0 unspecified atom stereocenters. The van der Waals surface area contributed by atoms with Crippen molar-refractivity contribution in [2.24, 2.45) is 0 Å². The van der Waals surface area contributed by atoms with Crippen molar-refractivity contribution in [2.45, 2.75) is 44.7 Å². The fourth-order valence-electron chi connectivity index (χ4n) is 2.80. The zero-order chi connectivity index (χ0) is 15.4. The van der Waals surface area contributed by atoms with Crippen molar-refractivity contribution >= 4 is 17.3 Å². The van der Waals surface area contributed by atoms with Crippen molar-refractivity contribution in [1.29, 1.82) is 0 Å². The standard InChI is InChI=1S/C16H21N5S/c1-11-9-13(18-16(22)17-11)10-15-19-14(20-21-15)8-7-12-5-3-2-4-6-12/h2-6,11,13H,7-10H2,1H3,(H2,17,18,22)(H,19,20,21)/t11-,13+/m1/s1. The molecule has 2 aromatic rings. The molecule has 0 spiro atoms. The third-order valence-electron chi connectivity index (χ3n) is 3.85. The van der Waals surface area contributed by atoms with Gasteiger partial charge in [0.05, 0.1) is 0 Å². The summed E-state index contributed by atoms with van der Waals surface area (Å²) >= 11 is 5.21. The number of H-pyrrole nitrogens is 1. The minimum absolute atomic E-state index is 0.318. The Bertz CT molecular complexity index is 624. The van der Waals surface area contributed by atoms with Gasteiger partial charge in [0.2, 0.25) is 0 Å². The van der Waals surface area contributed by atoms with E-state index in [0.717, 1.165) is 42.4 Å². The summed E-state index contributed by atoms with van der Waals surface area (Å²) in [6.45, 7) is 2.14. The number of thiocarbonyl (C=S) groups is 1. The summed E-state index contributed by atoms with van der Waals surface area (Å²) < 4.78 is 0. The van der Waals surface area contributed by atoms with Gasteiger partial charge in [0.15, 0.2) is 10.9 Å². The van der Waals surface area contributed by atoms with Gasteiger partial charge < -0.3 is 10.6 Å². The number of hydrogen-bond donors (Lipinski definition) is 3. The molecule has 116 valence electrons. The first-order valence-electron chi connectivity index (χ1n) is 7.70. The van der Waals surface area contributed by atoms with Crippen molar-refractivity contribution < 1.29 is 0 Å². The van der Waals surface area contributed by atoms with Gasteiger partial charge >= 0.3 is 0 Å². The SMILES string of the molecule is C[C@@H]1C[C@@H](Cc2nc(CCc3ccccc3)n[nH]2)NC(=S)N1. The normalized spacial score (nSPS) is 21.2. The predicted octanol–water partition coefficient (Wildman–Crippen LogP) is 1.76. The zero-order valence-electron chi connectivity index (χ0n) is 12.7. The van der Waals surface area contributed by atoms with Crippen LogP contribution < -0.4 is 10.6 Å². The molecule has 0 aliphatic carbocycles. The highest BCUT2D eigenvalue weighted by molar-refractivity contribution is 7.80. The first-order valence-corrected chi connectivity index (χ1v) is 8.11. The molecule has 0 bridgehead atoms. The number of nitrogens with one attached hydrogen (secondary N) is 3. The maximum Gasteiger partial charge on any atom is 0.166 e. The van der Waals surface area contributed by atoms with Gasteiger partial charge in [0.1, 0.15) is 5.82 Å². The van der Waals surface area contributed by atoms with Crippen molar-refractivity contribution in [1.82, 2.24) is 25.8 Å². The van der Waals surface area contributed by atoms with E-state index in [4.69, 9.17) is 12.2 Å². The maximum absolute atomic E-state index is 5.21. The van der Waals surface area contributed by atoms with Gasteiger partial charge in [0.25, 0.3) is 0 Å². The topological polar surface area (TPSA) is 65.6 Å². The van der Waals surface area contributed by atoms with Crippen molar-refractivity contribution in [3.8, 4) is 0 Å². The van der Waals surface area contributed by atoms with E-state index in [2.05, 4.69) is 57.0 Å². The van der Waals surface area contributed by atoms with E-state index >= 15 is 0 Å². The van der Waals surface area contributed by atoms with Gasteiger partial charge in [-0.1, -0.05) is 30.3 Å². The lowest BCUT2D eigenvalue weighted by Crippen LogP contribution is -2.53. The lowest BCUT2D eigenvalue weighted by molar-refractivity contribution is 0.435. The van der Waals surface area contributed by atoms with E-state index in [1.165, 1.54) is 5.56 Å². The minimum Gasteiger partial charge on any atom is -0.360 e. The van der Waals surface area contributed by atoms with Crippen LogP contribution in [0, 0.1) is 0 Å². The first kappa shape index (κ1) is 15.0. The Kier molecular flexibility index (Phi) is 4.68. The van der Waals surface area contributed by atoms with Crippen molar-refractivity contribution in [2.75, 3.05) is 0 Å². The van der Waals surface area contributed by atoms with Crippen LogP contribution in [-0.2, 0) is 19.3 Å². The number of hydrogen-bond acceptors (Lipinski definition) is 3.